The van der Waals surface area contributed by atoms with Crippen LogP contribution in [0.2, 0.25) is 5.02 Å². The van der Waals surface area contributed by atoms with E-state index < -0.39 is 0 Å². The SMILES string of the molecule is CCNC(c1cc(Cl)c2c(c1)OCO2)c1nc(C)c(C)s1. The molecule has 2 heterocycles. The second-order valence-corrected chi connectivity index (χ2v) is 6.56. The first-order chi connectivity index (χ1) is 10.1. The van der Waals surface area contributed by atoms with Gasteiger partial charge in [0.2, 0.25) is 6.79 Å². The van der Waals surface area contributed by atoms with Crippen molar-refractivity contribution in [1.82, 2.24) is 10.3 Å². The Labute approximate surface area is 133 Å². The van der Waals surface area contributed by atoms with Gasteiger partial charge in [-0.25, -0.2) is 4.98 Å². The Kier molecular flexibility index (Phi) is 4.06. The summed E-state index contributed by atoms with van der Waals surface area (Å²) in [6.45, 7) is 7.26. The van der Waals surface area contributed by atoms with Crippen LogP contribution >= 0.6 is 22.9 Å². The van der Waals surface area contributed by atoms with E-state index in [-0.39, 0.29) is 12.8 Å². The van der Waals surface area contributed by atoms with Crippen LogP contribution in [0.3, 0.4) is 0 Å². The Bertz CT molecular complexity index is 652. The predicted octanol–water partition coefficient (Wildman–Crippen LogP) is 3.84. The highest BCUT2D eigenvalue weighted by atomic mass is 35.5. The Morgan fingerprint density at radius 3 is 2.86 bits per heavy atom. The van der Waals surface area contributed by atoms with Gasteiger partial charge in [-0.15, -0.1) is 11.3 Å². The Morgan fingerprint density at radius 1 is 1.38 bits per heavy atom. The first kappa shape index (κ1) is 14.6. The summed E-state index contributed by atoms with van der Waals surface area (Å²) in [6, 6.07) is 3.92. The summed E-state index contributed by atoms with van der Waals surface area (Å²) < 4.78 is 10.8. The maximum absolute atomic E-state index is 6.29. The molecule has 0 saturated heterocycles. The topological polar surface area (TPSA) is 43.4 Å². The van der Waals surface area contributed by atoms with Gasteiger partial charge in [0.25, 0.3) is 0 Å². The molecule has 1 unspecified atom stereocenters. The summed E-state index contributed by atoms with van der Waals surface area (Å²) in [7, 11) is 0. The van der Waals surface area contributed by atoms with Crippen molar-refractivity contribution in [3.05, 3.63) is 38.3 Å². The largest absolute Gasteiger partial charge is 0.454 e. The van der Waals surface area contributed by atoms with Gasteiger partial charge in [-0.05, 0) is 38.1 Å². The van der Waals surface area contributed by atoms with Crippen LogP contribution in [-0.4, -0.2) is 18.3 Å². The second kappa shape index (κ2) is 5.83. The number of rotatable bonds is 4. The van der Waals surface area contributed by atoms with Gasteiger partial charge in [0.15, 0.2) is 11.5 Å². The fourth-order valence-corrected chi connectivity index (χ4v) is 3.63. The van der Waals surface area contributed by atoms with Gasteiger partial charge in [0.1, 0.15) is 5.01 Å². The Hall–Kier alpha value is -1.30. The van der Waals surface area contributed by atoms with Crippen LogP contribution in [0.25, 0.3) is 0 Å². The zero-order valence-corrected chi connectivity index (χ0v) is 13.8. The van der Waals surface area contributed by atoms with Gasteiger partial charge in [-0.2, -0.15) is 0 Å². The number of hydrogen-bond donors (Lipinski definition) is 1. The lowest BCUT2D eigenvalue weighted by Gasteiger charge is -2.17. The molecular formula is C15H17ClN2O2S. The van der Waals surface area contributed by atoms with Gasteiger partial charge in [0.05, 0.1) is 16.8 Å². The molecule has 6 heteroatoms. The highest BCUT2D eigenvalue weighted by molar-refractivity contribution is 7.11. The van der Waals surface area contributed by atoms with E-state index in [9.17, 15) is 0 Å². The quantitative estimate of drug-likeness (QED) is 0.928. The molecule has 0 aliphatic carbocycles. The van der Waals surface area contributed by atoms with Crippen molar-refractivity contribution in [2.24, 2.45) is 0 Å². The molecule has 21 heavy (non-hydrogen) atoms. The minimum Gasteiger partial charge on any atom is -0.454 e. The van der Waals surface area contributed by atoms with E-state index in [1.807, 2.05) is 19.1 Å². The average Bonchev–Trinajstić information content (AvgIpc) is 3.04. The predicted molar refractivity (Wildman–Crippen MR) is 84.7 cm³/mol. The Morgan fingerprint density at radius 2 is 2.19 bits per heavy atom. The number of thiazole rings is 1. The van der Waals surface area contributed by atoms with E-state index in [0.717, 1.165) is 22.8 Å². The number of aromatic nitrogens is 1. The van der Waals surface area contributed by atoms with Crippen molar-refractivity contribution < 1.29 is 9.47 Å². The molecule has 1 aromatic carbocycles. The van der Waals surface area contributed by atoms with Gasteiger partial charge in [-0.1, -0.05) is 18.5 Å². The van der Waals surface area contributed by atoms with Gasteiger partial charge >= 0.3 is 0 Å². The molecule has 4 nitrogen and oxygen atoms in total. The standard InChI is InChI=1S/C15H17ClN2O2S/c1-4-17-13(15-18-8(2)9(3)21-15)10-5-11(16)14-12(6-10)19-7-20-14/h5-6,13,17H,4,7H2,1-3H3. The summed E-state index contributed by atoms with van der Waals surface area (Å²) in [5.74, 6) is 1.33. The van der Waals surface area contributed by atoms with Crippen molar-refractivity contribution in [2.75, 3.05) is 13.3 Å². The fourth-order valence-electron chi connectivity index (χ4n) is 2.33. The highest BCUT2D eigenvalue weighted by Gasteiger charge is 2.24. The summed E-state index contributed by atoms with van der Waals surface area (Å²) in [5, 5.41) is 5.09. The molecule has 112 valence electrons. The number of fused-ring (bicyclic) bond motifs is 1. The maximum Gasteiger partial charge on any atom is 0.231 e. The second-order valence-electron chi connectivity index (χ2n) is 4.92. The molecule has 1 N–H and O–H groups in total. The van der Waals surface area contributed by atoms with E-state index in [2.05, 4.69) is 24.1 Å². The minimum atomic E-state index is 0.0133. The molecule has 0 amide bonds. The van der Waals surface area contributed by atoms with Crippen molar-refractivity contribution in [1.29, 1.82) is 0 Å². The van der Waals surface area contributed by atoms with E-state index in [4.69, 9.17) is 21.1 Å². The number of nitrogens with zero attached hydrogens (tertiary/aromatic N) is 1. The molecule has 1 aliphatic heterocycles. The summed E-state index contributed by atoms with van der Waals surface area (Å²) in [4.78, 5) is 5.91. The van der Waals surface area contributed by atoms with Crippen molar-refractivity contribution in [3.63, 3.8) is 0 Å². The lowest BCUT2D eigenvalue weighted by atomic mass is 10.1. The van der Waals surface area contributed by atoms with Gasteiger partial charge in [-0.3, -0.25) is 0 Å². The smallest absolute Gasteiger partial charge is 0.231 e. The molecule has 0 saturated carbocycles. The fraction of sp³-hybridized carbons (Fsp3) is 0.400. The Balaban J connectivity index is 2.03. The van der Waals surface area contributed by atoms with Crippen molar-refractivity contribution >= 4 is 22.9 Å². The molecule has 2 aromatic rings. The lowest BCUT2D eigenvalue weighted by Crippen LogP contribution is -2.21. The summed E-state index contributed by atoms with van der Waals surface area (Å²) in [5.41, 5.74) is 2.12. The number of benzene rings is 1. The molecule has 3 rings (SSSR count). The minimum absolute atomic E-state index is 0.0133. The summed E-state index contributed by atoms with van der Waals surface area (Å²) >= 11 is 8.00. The monoisotopic (exact) mass is 324 g/mol. The van der Waals surface area contributed by atoms with Gasteiger partial charge in [0, 0.05) is 4.88 Å². The number of nitrogens with one attached hydrogen (secondary N) is 1. The number of ether oxygens (including phenoxy) is 2. The number of hydrogen-bond acceptors (Lipinski definition) is 5. The third kappa shape index (κ3) is 2.73. The van der Waals surface area contributed by atoms with Crippen molar-refractivity contribution in [3.8, 4) is 11.5 Å². The van der Waals surface area contributed by atoms with Crippen LogP contribution in [0, 0.1) is 13.8 Å². The van der Waals surface area contributed by atoms with E-state index in [0.29, 0.717) is 16.5 Å². The molecular weight excluding hydrogens is 308 g/mol. The molecule has 0 spiro atoms. The lowest BCUT2D eigenvalue weighted by molar-refractivity contribution is 0.174. The molecule has 0 bridgehead atoms. The zero-order valence-electron chi connectivity index (χ0n) is 12.2. The van der Waals surface area contributed by atoms with Crippen LogP contribution in [0.5, 0.6) is 11.5 Å². The van der Waals surface area contributed by atoms with E-state index in [1.165, 1.54) is 4.88 Å². The van der Waals surface area contributed by atoms with Crippen LogP contribution in [0.4, 0.5) is 0 Å². The van der Waals surface area contributed by atoms with Crippen molar-refractivity contribution in [2.45, 2.75) is 26.8 Å². The third-order valence-electron chi connectivity index (χ3n) is 3.48. The van der Waals surface area contributed by atoms with Crippen LogP contribution in [0.1, 0.15) is 34.1 Å². The van der Waals surface area contributed by atoms with Crippen LogP contribution < -0.4 is 14.8 Å². The van der Waals surface area contributed by atoms with Crippen LogP contribution in [0.15, 0.2) is 12.1 Å². The van der Waals surface area contributed by atoms with E-state index >= 15 is 0 Å². The summed E-state index contributed by atoms with van der Waals surface area (Å²) in [6.07, 6.45) is 0. The zero-order chi connectivity index (χ0) is 15.0. The normalized spacial score (nSPS) is 14.5. The van der Waals surface area contributed by atoms with Crippen LogP contribution in [-0.2, 0) is 0 Å². The molecule has 1 aliphatic rings. The van der Waals surface area contributed by atoms with E-state index in [1.54, 1.807) is 11.3 Å². The maximum atomic E-state index is 6.29. The number of halogens is 1. The highest BCUT2D eigenvalue weighted by Crippen LogP contribution is 2.42. The molecule has 1 aromatic heterocycles. The molecule has 1 atom stereocenters. The van der Waals surface area contributed by atoms with Gasteiger partial charge < -0.3 is 14.8 Å². The third-order valence-corrected chi connectivity index (χ3v) is 4.90. The first-order valence-electron chi connectivity index (χ1n) is 6.86. The molecule has 0 fully saturated rings. The molecule has 0 radical (unpaired) electrons. The number of aryl methyl sites for hydroxylation is 2. The first-order valence-corrected chi connectivity index (χ1v) is 8.06. The average molecular weight is 325 g/mol.